The number of carbonyl (C=O) groups is 2. The zero-order chi connectivity index (χ0) is 25.5. The Morgan fingerprint density at radius 3 is 2.46 bits per heavy atom. The van der Waals surface area contributed by atoms with E-state index in [2.05, 4.69) is 4.72 Å². The molecule has 0 spiro atoms. The minimum absolute atomic E-state index is 0.0198. The predicted octanol–water partition coefficient (Wildman–Crippen LogP) is 3.48. The van der Waals surface area contributed by atoms with Crippen LogP contribution in [0.2, 0.25) is 0 Å². The Kier molecular flexibility index (Phi) is 8.74. The van der Waals surface area contributed by atoms with E-state index in [1.165, 1.54) is 12.1 Å². The number of epoxide rings is 1. The molecule has 3 rings (SSSR count). The van der Waals surface area contributed by atoms with Crippen LogP contribution in [-0.2, 0) is 35.5 Å². The summed E-state index contributed by atoms with van der Waals surface area (Å²) in [6, 6.07) is 13.6. The first-order chi connectivity index (χ1) is 16.5. The number of rotatable bonds is 12. The number of benzene rings is 2. The Hall–Kier alpha value is -3.11. The lowest BCUT2D eigenvalue weighted by atomic mass is 10.1. The summed E-state index contributed by atoms with van der Waals surface area (Å²) >= 11 is 0. The molecule has 0 aromatic heterocycles. The molecule has 0 aliphatic carbocycles. The molecule has 1 fully saturated rings. The number of nitrogens with one attached hydrogen (secondary N) is 1. The van der Waals surface area contributed by atoms with E-state index >= 15 is 0 Å². The summed E-state index contributed by atoms with van der Waals surface area (Å²) < 4.78 is 49.3. The summed E-state index contributed by atoms with van der Waals surface area (Å²) in [4.78, 5) is 24.4. The van der Waals surface area contributed by atoms with E-state index in [9.17, 15) is 18.0 Å². The van der Waals surface area contributed by atoms with Crippen molar-refractivity contribution in [2.24, 2.45) is 0 Å². The van der Waals surface area contributed by atoms with Crippen molar-refractivity contribution in [3.63, 3.8) is 0 Å². The molecule has 2 aromatic carbocycles. The summed E-state index contributed by atoms with van der Waals surface area (Å²) in [6.45, 7) is 6.18. The van der Waals surface area contributed by atoms with Crippen molar-refractivity contribution >= 4 is 27.6 Å². The molecule has 0 unspecified atom stereocenters. The van der Waals surface area contributed by atoms with Crippen molar-refractivity contribution < 1.29 is 37.0 Å². The number of anilines is 1. The predicted molar refractivity (Wildman–Crippen MR) is 130 cm³/mol. The van der Waals surface area contributed by atoms with Crippen LogP contribution >= 0.6 is 0 Å². The van der Waals surface area contributed by atoms with Gasteiger partial charge in [-0.2, -0.15) is 0 Å². The molecule has 0 saturated carbocycles. The van der Waals surface area contributed by atoms with E-state index in [1.54, 1.807) is 39.0 Å². The fraction of sp³-hybridized carbons (Fsp3) is 0.440. The first kappa shape index (κ1) is 26.5. The van der Waals surface area contributed by atoms with E-state index in [0.29, 0.717) is 19.0 Å². The Morgan fingerprint density at radius 2 is 1.80 bits per heavy atom. The molecule has 190 valence electrons. The third-order valence-corrected chi connectivity index (χ3v) is 6.04. The average Bonchev–Trinajstić information content (AvgIpc) is 3.57. The van der Waals surface area contributed by atoms with Crippen LogP contribution in [0.4, 0.5) is 5.69 Å². The second-order valence-corrected chi connectivity index (χ2v) is 11.0. The highest BCUT2D eigenvalue weighted by molar-refractivity contribution is 7.92. The van der Waals surface area contributed by atoms with Gasteiger partial charge in [-0.05, 0) is 44.9 Å². The van der Waals surface area contributed by atoms with E-state index in [4.69, 9.17) is 18.9 Å². The maximum atomic E-state index is 12.7. The minimum Gasteiger partial charge on any atom is -0.491 e. The first-order valence-corrected chi connectivity index (χ1v) is 13.0. The van der Waals surface area contributed by atoms with E-state index in [1.807, 2.05) is 18.2 Å². The molecule has 0 amide bonds. The molecule has 1 atom stereocenters. The molecule has 1 aliphatic rings. The highest BCUT2D eigenvalue weighted by Gasteiger charge is 2.24. The van der Waals surface area contributed by atoms with Crippen molar-refractivity contribution in [3.05, 3.63) is 54.1 Å². The third kappa shape index (κ3) is 9.96. The lowest BCUT2D eigenvalue weighted by molar-refractivity contribution is -0.154. The molecule has 2 aromatic rings. The maximum Gasteiger partial charge on any atom is 0.315 e. The van der Waals surface area contributed by atoms with Gasteiger partial charge in [0.1, 0.15) is 24.1 Å². The summed E-state index contributed by atoms with van der Waals surface area (Å²) in [5.41, 5.74) is 0.197. The van der Waals surface area contributed by atoms with Crippen molar-refractivity contribution in [2.75, 3.05) is 23.7 Å². The van der Waals surface area contributed by atoms with Gasteiger partial charge in [0.25, 0.3) is 0 Å². The van der Waals surface area contributed by atoms with Crippen molar-refractivity contribution in [1.29, 1.82) is 0 Å². The van der Waals surface area contributed by atoms with Gasteiger partial charge >= 0.3 is 11.9 Å². The lowest BCUT2D eigenvalue weighted by Crippen LogP contribution is -2.24. The minimum atomic E-state index is -3.86. The van der Waals surface area contributed by atoms with Crippen LogP contribution in [0.1, 0.15) is 39.2 Å². The molecule has 35 heavy (non-hydrogen) atoms. The number of esters is 2. The number of ether oxygens (including phenoxy) is 4. The van der Waals surface area contributed by atoms with Gasteiger partial charge in [-0.1, -0.05) is 30.3 Å². The molecule has 0 radical (unpaired) electrons. The van der Waals surface area contributed by atoms with E-state index in [-0.39, 0.29) is 42.6 Å². The summed E-state index contributed by atoms with van der Waals surface area (Å²) in [7, 11) is -3.86. The van der Waals surface area contributed by atoms with Gasteiger partial charge in [-0.15, -0.1) is 0 Å². The van der Waals surface area contributed by atoms with Crippen LogP contribution < -0.4 is 14.2 Å². The van der Waals surface area contributed by atoms with Crippen LogP contribution in [0.25, 0.3) is 0 Å². The molecule has 0 bridgehead atoms. The van der Waals surface area contributed by atoms with Gasteiger partial charge in [0.2, 0.25) is 10.0 Å². The van der Waals surface area contributed by atoms with Crippen LogP contribution in [0.15, 0.2) is 48.5 Å². The number of hydrogen-bond acceptors (Lipinski definition) is 8. The van der Waals surface area contributed by atoms with Gasteiger partial charge in [-0.25, -0.2) is 8.42 Å². The van der Waals surface area contributed by atoms with Crippen LogP contribution in [0.5, 0.6) is 11.5 Å². The zero-order valence-electron chi connectivity index (χ0n) is 20.1. The molecule has 1 saturated heterocycles. The zero-order valence-corrected chi connectivity index (χ0v) is 20.9. The summed E-state index contributed by atoms with van der Waals surface area (Å²) in [5.74, 6) is -0.876. The monoisotopic (exact) mass is 505 g/mol. The molecular weight excluding hydrogens is 474 g/mol. The Labute approximate surface area is 205 Å². The van der Waals surface area contributed by atoms with Gasteiger partial charge in [0, 0.05) is 12.5 Å². The van der Waals surface area contributed by atoms with Crippen molar-refractivity contribution in [3.8, 4) is 11.5 Å². The molecule has 9 nitrogen and oxygen atoms in total. The van der Waals surface area contributed by atoms with Crippen LogP contribution in [-0.4, -0.2) is 51.0 Å². The average molecular weight is 506 g/mol. The Balaban J connectivity index is 1.67. The second kappa shape index (κ2) is 11.5. The number of hydrogen-bond donors (Lipinski definition) is 1. The normalized spacial score (nSPS) is 15.2. The topological polar surface area (TPSA) is 121 Å². The van der Waals surface area contributed by atoms with Gasteiger partial charge in [0.15, 0.2) is 5.75 Å². The fourth-order valence-corrected chi connectivity index (χ4v) is 4.18. The number of sulfonamides is 1. The molecule has 1 N–H and O–H groups in total. The largest absolute Gasteiger partial charge is 0.491 e. The fourth-order valence-electron chi connectivity index (χ4n) is 3.06. The van der Waals surface area contributed by atoms with Gasteiger partial charge in [-0.3, -0.25) is 14.3 Å². The molecule has 10 heteroatoms. The number of carbonyl (C=O) groups excluding carboxylic acids is 2. The molecule has 1 heterocycles. The second-order valence-electron chi connectivity index (χ2n) is 9.17. The van der Waals surface area contributed by atoms with Crippen LogP contribution in [0.3, 0.4) is 0 Å². The Morgan fingerprint density at radius 1 is 1.09 bits per heavy atom. The quantitative estimate of drug-likeness (QED) is 0.264. The summed E-state index contributed by atoms with van der Waals surface area (Å²) in [6.07, 6.45) is 0.0797. The van der Waals surface area contributed by atoms with Crippen LogP contribution in [0, 0.1) is 0 Å². The first-order valence-electron chi connectivity index (χ1n) is 11.3. The van der Waals surface area contributed by atoms with E-state index < -0.39 is 27.6 Å². The molecule has 1 aliphatic heterocycles. The Bertz CT molecular complexity index is 1120. The summed E-state index contributed by atoms with van der Waals surface area (Å²) in [5, 5.41) is 0. The lowest BCUT2D eigenvalue weighted by Gasteiger charge is -2.19. The highest BCUT2D eigenvalue weighted by Crippen LogP contribution is 2.31. The SMILES string of the molecule is CC(C)(C)OC(=O)CCCS(=O)(=O)Nc1cc(OC[C@@H]2CO2)ccc1OC(=O)Cc1ccccc1. The smallest absolute Gasteiger partial charge is 0.315 e. The van der Waals surface area contributed by atoms with Gasteiger partial charge < -0.3 is 18.9 Å². The molecular formula is C25H31NO8S. The van der Waals surface area contributed by atoms with E-state index in [0.717, 1.165) is 5.56 Å². The highest BCUT2D eigenvalue weighted by atomic mass is 32.2. The third-order valence-electron chi connectivity index (χ3n) is 4.68. The van der Waals surface area contributed by atoms with Crippen molar-refractivity contribution in [1.82, 2.24) is 0 Å². The van der Waals surface area contributed by atoms with Gasteiger partial charge in [0.05, 0.1) is 24.5 Å². The van der Waals surface area contributed by atoms with Crippen molar-refractivity contribution in [2.45, 2.75) is 51.7 Å². The maximum absolute atomic E-state index is 12.7. The standard InChI is InChI=1S/C25H31NO8S/c1-25(2,3)34-23(27)10-7-13-35(29,30)26-21-15-19(31-16-20-17-32-20)11-12-22(21)33-24(28)14-18-8-5-4-6-9-18/h4-6,8-9,11-12,15,20,26H,7,10,13-14,16-17H2,1-3H3/t20-/m1/s1.